The van der Waals surface area contributed by atoms with Gasteiger partial charge in [-0.2, -0.15) is 0 Å². The molecule has 0 bridgehead atoms. The second-order valence-electron chi connectivity index (χ2n) is 1.79. The number of likely N-dealkylation sites (N-methyl/N-ethyl adjacent to an activating group) is 1. The van der Waals surface area contributed by atoms with Crippen LogP contribution in [0.15, 0.2) is 11.3 Å². The normalized spacial score (nSPS) is 12.3. The number of carbonyl (C=O) groups excluding carboxylic acids is 1. The van der Waals surface area contributed by atoms with Gasteiger partial charge >= 0.3 is 0 Å². The van der Waals surface area contributed by atoms with Crippen LogP contribution in [-0.4, -0.2) is 18.1 Å². The summed E-state index contributed by atoms with van der Waals surface area (Å²) in [5.74, 6) is -0.177. The Bertz CT molecular complexity index is 145. The largest absolute Gasteiger partial charge is 0.512 e. The molecular weight excluding hydrogens is 118 g/mol. The van der Waals surface area contributed by atoms with E-state index in [4.69, 9.17) is 5.11 Å². The number of hydrogen-bond acceptors (Lipinski definition) is 2. The lowest BCUT2D eigenvalue weighted by Gasteiger charge is -1.98. The van der Waals surface area contributed by atoms with Gasteiger partial charge in [0, 0.05) is 7.05 Å². The van der Waals surface area contributed by atoms with E-state index >= 15 is 0 Å². The van der Waals surface area contributed by atoms with Crippen molar-refractivity contribution in [3.05, 3.63) is 11.3 Å². The zero-order chi connectivity index (χ0) is 7.44. The number of carbonyl (C=O) groups is 1. The Hall–Kier alpha value is -0.990. The van der Waals surface area contributed by atoms with Crippen molar-refractivity contribution >= 4 is 5.91 Å². The van der Waals surface area contributed by atoms with Crippen LogP contribution in [0.2, 0.25) is 0 Å². The average molecular weight is 129 g/mol. The fraction of sp³-hybridized carbons (Fsp3) is 0.500. The van der Waals surface area contributed by atoms with E-state index in [-0.39, 0.29) is 11.7 Å². The molecule has 0 rings (SSSR count). The number of aliphatic hydroxyl groups is 1. The van der Waals surface area contributed by atoms with E-state index in [1.807, 2.05) is 0 Å². The van der Waals surface area contributed by atoms with E-state index in [9.17, 15) is 4.79 Å². The van der Waals surface area contributed by atoms with E-state index in [0.717, 1.165) is 0 Å². The molecule has 52 valence electrons. The second kappa shape index (κ2) is 3.12. The third-order valence-electron chi connectivity index (χ3n) is 1.11. The summed E-state index contributed by atoms with van der Waals surface area (Å²) >= 11 is 0. The van der Waals surface area contributed by atoms with Crippen LogP contribution in [0.5, 0.6) is 0 Å². The zero-order valence-corrected chi connectivity index (χ0v) is 5.86. The van der Waals surface area contributed by atoms with Crippen LogP contribution in [-0.2, 0) is 4.79 Å². The Morgan fingerprint density at radius 1 is 1.44 bits per heavy atom. The quantitative estimate of drug-likeness (QED) is 0.402. The van der Waals surface area contributed by atoms with Crippen molar-refractivity contribution in [1.29, 1.82) is 0 Å². The van der Waals surface area contributed by atoms with Crippen molar-refractivity contribution in [3.8, 4) is 0 Å². The molecule has 0 saturated heterocycles. The average Bonchev–Trinajstić information content (AvgIpc) is 1.84. The van der Waals surface area contributed by atoms with Gasteiger partial charge < -0.3 is 10.4 Å². The van der Waals surface area contributed by atoms with Crippen LogP contribution >= 0.6 is 0 Å². The smallest absolute Gasteiger partial charge is 0.250 e. The summed E-state index contributed by atoms with van der Waals surface area (Å²) in [6.07, 6.45) is 0. The van der Waals surface area contributed by atoms with E-state index < -0.39 is 0 Å². The second-order valence-corrected chi connectivity index (χ2v) is 1.79. The summed E-state index contributed by atoms with van der Waals surface area (Å²) in [6.45, 7) is 3.04. The molecule has 0 unspecified atom stereocenters. The molecule has 0 spiro atoms. The molecule has 3 nitrogen and oxygen atoms in total. The molecule has 0 aromatic heterocycles. The maximum absolute atomic E-state index is 10.6. The Labute approximate surface area is 54.4 Å². The molecule has 0 aromatic rings. The maximum Gasteiger partial charge on any atom is 0.250 e. The predicted molar refractivity (Wildman–Crippen MR) is 35.1 cm³/mol. The van der Waals surface area contributed by atoms with E-state index in [1.165, 1.54) is 14.0 Å². The van der Waals surface area contributed by atoms with E-state index in [0.29, 0.717) is 5.57 Å². The van der Waals surface area contributed by atoms with Gasteiger partial charge in [-0.3, -0.25) is 4.79 Å². The summed E-state index contributed by atoms with van der Waals surface area (Å²) in [5, 5.41) is 11.1. The topological polar surface area (TPSA) is 49.3 Å². The molecule has 0 atom stereocenters. The van der Waals surface area contributed by atoms with Crippen LogP contribution in [0.25, 0.3) is 0 Å². The summed E-state index contributed by atoms with van der Waals surface area (Å²) in [6, 6.07) is 0. The van der Waals surface area contributed by atoms with Crippen molar-refractivity contribution in [2.24, 2.45) is 0 Å². The third kappa shape index (κ3) is 2.17. The van der Waals surface area contributed by atoms with Gasteiger partial charge in [0.2, 0.25) is 5.91 Å². The highest BCUT2D eigenvalue weighted by Crippen LogP contribution is 1.97. The number of hydrogen-bond donors (Lipinski definition) is 2. The third-order valence-corrected chi connectivity index (χ3v) is 1.11. The van der Waals surface area contributed by atoms with Crippen LogP contribution in [0.4, 0.5) is 0 Å². The van der Waals surface area contributed by atoms with Crippen LogP contribution in [0.3, 0.4) is 0 Å². The first kappa shape index (κ1) is 8.01. The van der Waals surface area contributed by atoms with Gasteiger partial charge in [0.1, 0.15) is 0 Å². The molecule has 0 saturated carbocycles. The monoisotopic (exact) mass is 129 g/mol. The molecule has 2 N–H and O–H groups in total. The Morgan fingerprint density at radius 3 is 2.00 bits per heavy atom. The van der Waals surface area contributed by atoms with Crippen molar-refractivity contribution < 1.29 is 9.90 Å². The van der Waals surface area contributed by atoms with Gasteiger partial charge in [0.05, 0.1) is 11.3 Å². The highest BCUT2D eigenvalue weighted by Gasteiger charge is 2.02. The minimum Gasteiger partial charge on any atom is -0.512 e. The van der Waals surface area contributed by atoms with Crippen LogP contribution < -0.4 is 5.32 Å². The van der Waals surface area contributed by atoms with Gasteiger partial charge in [-0.1, -0.05) is 0 Å². The Kier molecular flexibility index (Phi) is 2.78. The first-order valence-corrected chi connectivity index (χ1v) is 2.68. The minimum absolute atomic E-state index is 0.0642. The fourth-order valence-electron chi connectivity index (χ4n) is 0.352. The van der Waals surface area contributed by atoms with Gasteiger partial charge in [0.15, 0.2) is 0 Å². The van der Waals surface area contributed by atoms with Crippen molar-refractivity contribution in [1.82, 2.24) is 5.32 Å². The van der Waals surface area contributed by atoms with E-state index in [1.54, 1.807) is 6.92 Å². The number of rotatable bonds is 1. The van der Waals surface area contributed by atoms with Crippen molar-refractivity contribution in [2.75, 3.05) is 7.05 Å². The molecule has 0 radical (unpaired) electrons. The number of aliphatic hydroxyl groups excluding tert-OH is 1. The van der Waals surface area contributed by atoms with Gasteiger partial charge in [-0.15, -0.1) is 0 Å². The van der Waals surface area contributed by atoms with Gasteiger partial charge in [0.25, 0.3) is 0 Å². The number of amides is 1. The highest BCUT2D eigenvalue weighted by atomic mass is 16.3. The predicted octanol–water partition coefficient (Wildman–Crippen LogP) is 0.584. The SMILES string of the molecule is CNC(=O)/C(C)=C(/C)O. The fourth-order valence-corrected chi connectivity index (χ4v) is 0.352. The molecule has 0 aliphatic rings. The van der Waals surface area contributed by atoms with Crippen molar-refractivity contribution in [3.63, 3.8) is 0 Å². The number of nitrogens with one attached hydrogen (secondary N) is 1. The molecule has 0 aliphatic heterocycles. The van der Waals surface area contributed by atoms with Gasteiger partial charge in [-0.25, -0.2) is 0 Å². The van der Waals surface area contributed by atoms with Gasteiger partial charge in [-0.05, 0) is 13.8 Å². The Morgan fingerprint density at radius 2 is 1.89 bits per heavy atom. The molecule has 1 amide bonds. The maximum atomic E-state index is 10.6. The molecule has 0 aliphatic carbocycles. The zero-order valence-electron chi connectivity index (χ0n) is 5.86. The molecule has 0 aromatic carbocycles. The highest BCUT2D eigenvalue weighted by molar-refractivity contribution is 5.92. The van der Waals surface area contributed by atoms with Crippen molar-refractivity contribution in [2.45, 2.75) is 13.8 Å². The van der Waals surface area contributed by atoms with E-state index in [2.05, 4.69) is 5.32 Å². The molecular formula is C6H11NO2. The lowest BCUT2D eigenvalue weighted by atomic mass is 10.2. The summed E-state index contributed by atoms with van der Waals surface area (Å²) < 4.78 is 0. The summed E-state index contributed by atoms with van der Waals surface area (Å²) in [7, 11) is 1.52. The standard InChI is InChI=1S/C6H11NO2/c1-4(5(2)8)6(9)7-3/h8H,1-3H3,(H,7,9)/b5-4-. The summed E-state index contributed by atoms with van der Waals surface area (Å²) in [5.41, 5.74) is 0.359. The molecule has 0 fully saturated rings. The lowest BCUT2D eigenvalue weighted by molar-refractivity contribution is -0.117. The molecule has 3 heteroatoms. The molecule has 0 heterocycles. The number of allylic oxidation sites excluding steroid dienone is 1. The summed E-state index contributed by atoms with van der Waals surface area (Å²) in [4.78, 5) is 10.6. The molecule has 9 heavy (non-hydrogen) atoms. The lowest BCUT2D eigenvalue weighted by Crippen LogP contribution is -2.19. The minimum atomic E-state index is -0.241. The first-order valence-electron chi connectivity index (χ1n) is 2.68. The van der Waals surface area contributed by atoms with Crippen LogP contribution in [0.1, 0.15) is 13.8 Å². The van der Waals surface area contributed by atoms with Crippen LogP contribution in [0, 0.1) is 0 Å². The first-order chi connectivity index (χ1) is 4.09. The Balaban J connectivity index is 4.21.